The lowest BCUT2D eigenvalue weighted by molar-refractivity contribution is -0.150. The lowest BCUT2D eigenvalue weighted by Crippen LogP contribution is -2.40. The summed E-state index contributed by atoms with van der Waals surface area (Å²) in [6, 6.07) is 5.59. The molecule has 0 unspecified atom stereocenters. The van der Waals surface area contributed by atoms with E-state index in [0.717, 1.165) is 5.69 Å². The molecule has 3 rings (SSSR count). The Balaban J connectivity index is 1.67. The van der Waals surface area contributed by atoms with Gasteiger partial charge in [-0.15, -0.1) is 0 Å². The maximum absolute atomic E-state index is 12.2. The fraction of sp³-hybridized carbons (Fsp3) is 0.588. The molecule has 1 aromatic heterocycles. The third-order valence-electron chi connectivity index (χ3n) is 4.64. The molecule has 2 heterocycles. The first kappa shape index (κ1) is 15.8. The SMILES string of the molecule is CCOC(=O)[C@H]1CC[C@]2(CC1)CN(c1cccc(C)n1)C(=O)O2. The maximum atomic E-state index is 12.2. The van der Waals surface area contributed by atoms with Crippen molar-refractivity contribution in [3.05, 3.63) is 23.9 Å². The first-order valence-electron chi connectivity index (χ1n) is 8.14. The average molecular weight is 318 g/mol. The molecule has 2 aliphatic rings. The van der Waals surface area contributed by atoms with Crippen LogP contribution in [0.4, 0.5) is 10.6 Å². The summed E-state index contributed by atoms with van der Waals surface area (Å²) in [4.78, 5) is 30.1. The van der Waals surface area contributed by atoms with Gasteiger partial charge in [0.15, 0.2) is 0 Å². The van der Waals surface area contributed by atoms with E-state index in [4.69, 9.17) is 9.47 Å². The summed E-state index contributed by atoms with van der Waals surface area (Å²) in [5, 5.41) is 0. The topological polar surface area (TPSA) is 68.7 Å². The van der Waals surface area contributed by atoms with Crippen molar-refractivity contribution in [2.24, 2.45) is 5.92 Å². The van der Waals surface area contributed by atoms with E-state index in [1.807, 2.05) is 32.0 Å². The smallest absolute Gasteiger partial charge is 0.416 e. The Bertz CT molecular complexity index is 608. The van der Waals surface area contributed by atoms with Crippen molar-refractivity contribution in [1.29, 1.82) is 0 Å². The van der Waals surface area contributed by atoms with Gasteiger partial charge in [-0.3, -0.25) is 9.69 Å². The minimum Gasteiger partial charge on any atom is -0.466 e. The first-order valence-corrected chi connectivity index (χ1v) is 8.14. The number of hydrogen-bond donors (Lipinski definition) is 0. The van der Waals surface area contributed by atoms with Gasteiger partial charge >= 0.3 is 12.1 Å². The van der Waals surface area contributed by atoms with Gasteiger partial charge in [-0.05, 0) is 51.7 Å². The summed E-state index contributed by atoms with van der Waals surface area (Å²) in [5.74, 6) is 0.411. The Morgan fingerprint density at radius 2 is 2.17 bits per heavy atom. The van der Waals surface area contributed by atoms with Gasteiger partial charge in [0, 0.05) is 5.69 Å². The molecule has 1 aromatic rings. The second kappa shape index (κ2) is 6.18. The molecule has 0 aromatic carbocycles. The van der Waals surface area contributed by atoms with E-state index in [9.17, 15) is 9.59 Å². The van der Waals surface area contributed by atoms with E-state index in [1.165, 1.54) is 0 Å². The molecular formula is C17H22N2O4. The Morgan fingerprint density at radius 3 is 2.83 bits per heavy atom. The van der Waals surface area contributed by atoms with E-state index in [0.29, 0.717) is 44.7 Å². The highest BCUT2D eigenvalue weighted by molar-refractivity contribution is 5.89. The predicted molar refractivity (Wildman–Crippen MR) is 84.1 cm³/mol. The molecule has 1 amide bonds. The average Bonchev–Trinajstić information content (AvgIpc) is 2.84. The lowest BCUT2D eigenvalue weighted by Gasteiger charge is -2.34. The number of carbonyl (C=O) groups excluding carboxylic acids is 2. The molecule has 1 saturated carbocycles. The number of amides is 1. The number of hydrogen-bond acceptors (Lipinski definition) is 5. The van der Waals surface area contributed by atoms with Crippen LogP contribution in [0, 0.1) is 12.8 Å². The Morgan fingerprint density at radius 1 is 1.43 bits per heavy atom. The van der Waals surface area contributed by atoms with Gasteiger partial charge in [0.2, 0.25) is 0 Å². The Hall–Kier alpha value is -2.11. The van der Waals surface area contributed by atoms with Gasteiger partial charge < -0.3 is 9.47 Å². The third kappa shape index (κ3) is 3.16. The normalized spacial score (nSPS) is 27.1. The van der Waals surface area contributed by atoms with Crippen molar-refractivity contribution in [1.82, 2.24) is 4.98 Å². The van der Waals surface area contributed by atoms with Crippen LogP contribution in [0.15, 0.2) is 18.2 Å². The minimum atomic E-state index is -0.495. The second-order valence-electron chi connectivity index (χ2n) is 6.30. The highest BCUT2D eigenvalue weighted by Gasteiger charge is 2.49. The summed E-state index contributed by atoms with van der Waals surface area (Å²) in [7, 11) is 0. The molecule has 0 atom stereocenters. The molecule has 6 heteroatoms. The third-order valence-corrected chi connectivity index (χ3v) is 4.64. The highest BCUT2D eigenvalue weighted by atomic mass is 16.6. The number of anilines is 1. The summed E-state index contributed by atoms with van der Waals surface area (Å²) in [5.41, 5.74) is 0.369. The van der Waals surface area contributed by atoms with Crippen LogP contribution in [0.1, 0.15) is 38.3 Å². The number of nitrogens with zero attached hydrogens (tertiary/aromatic N) is 2. The largest absolute Gasteiger partial charge is 0.466 e. The van der Waals surface area contributed by atoms with E-state index in [1.54, 1.807) is 4.90 Å². The van der Waals surface area contributed by atoms with E-state index in [-0.39, 0.29) is 18.0 Å². The number of pyridine rings is 1. The van der Waals surface area contributed by atoms with Crippen LogP contribution in [-0.2, 0) is 14.3 Å². The fourth-order valence-electron chi connectivity index (χ4n) is 3.38. The van der Waals surface area contributed by atoms with Crippen LogP contribution in [0.3, 0.4) is 0 Å². The number of carbonyl (C=O) groups is 2. The van der Waals surface area contributed by atoms with Crippen molar-refractivity contribution < 1.29 is 19.1 Å². The van der Waals surface area contributed by atoms with Crippen LogP contribution >= 0.6 is 0 Å². The number of aromatic nitrogens is 1. The summed E-state index contributed by atoms with van der Waals surface area (Å²) in [6.07, 6.45) is 2.41. The van der Waals surface area contributed by atoms with Crippen molar-refractivity contribution in [2.75, 3.05) is 18.1 Å². The maximum Gasteiger partial charge on any atom is 0.416 e. The number of ether oxygens (including phenoxy) is 2. The Kier molecular flexibility index (Phi) is 4.24. The van der Waals surface area contributed by atoms with Gasteiger partial charge in [0.05, 0.1) is 19.1 Å². The van der Waals surface area contributed by atoms with Crippen LogP contribution in [-0.4, -0.2) is 35.8 Å². The zero-order chi connectivity index (χ0) is 16.4. The quantitative estimate of drug-likeness (QED) is 0.802. The Labute approximate surface area is 135 Å². The molecule has 1 aliphatic heterocycles. The zero-order valence-electron chi connectivity index (χ0n) is 13.6. The predicted octanol–water partition coefficient (Wildman–Crippen LogP) is 2.84. The van der Waals surface area contributed by atoms with Crippen molar-refractivity contribution in [2.45, 2.75) is 45.1 Å². The number of rotatable bonds is 3. The van der Waals surface area contributed by atoms with Crippen LogP contribution in [0.2, 0.25) is 0 Å². The van der Waals surface area contributed by atoms with Gasteiger partial charge in [0.25, 0.3) is 0 Å². The fourth-order valence-corrected chi connectivity index (χ4v) is 3.38. The molecule has 124 valence electrons. The zero-order valence-corrected chi connectivity index (χ0v) is 13.6. The molecule has 0 bridgehead atoms. The summed E-state index contributed by atoms with van der Waals surface area (Å²) in [6.45, 7) is 4.61. The van der Waals surface area contributed by atoms with Crippen molar-refractivity contribution in [3.8, 4) is 0 Å². The lowest BCUT2D eigenvalue weighted by atomic mass is 9.79. The molecule has 0 radical (unpaired) electrons. The molecule has 6 nitrogen and oxygen atoms in total. The first-order chi connectivity index (χ1) is 11.0. The number of esters is 1. The molecule has 23 heavy (non-hydrogen) atoms. The van der Waals surface area contributed by atoms with Gasteiger partial charge in [-0.25, -0.2) is 9.78 Å². The van der Waals surface area contributed by atoms with E-state index < -0.39 is 5.60 Å². The van der Waals surface area contributed by atoms with Crippen LogP contribution in [0.5, 0.6) is 0 Å². The van der Waals surface area contributed by atoms with Crippen molar-refractivity contribution >= 4 is 17.9 Å². The minimum absolute atomic E-state index is 0.0783. The highest BCUT2D eigenvalue weighted by Crippen LogP contribution is 2.40. The summed E-state index contributed by atoms with van der Waals surface area (Å²) < 4.78 is 10.8. The second-order valence-corrected chi connectivity index (χ2v) is 6.30. The molecule has 0 N–H and O–H groups in total. The molecular weight excluding hydrogens is 296 g/mol. The van der Waals surface area contributed by atoms with Crippen molar-refractivity contribution in [3.63, 3.8) is 0 Å². The molecule has 2 fully saturated rings. The van der Waals surface area contributed by atoms with E-state index in [2.05, 4.69) is 4.98 Å². The van der Waals surface area contributed by atoms with Crippen LogP contribution < -0.4 is 4.90 Å². The molecule has 1 aliphatic carbocycles. The molecule has 1 spiro atoms. The van der Waals surface area contributed by atoms with Gasteiger partial charge in [-0.1, -0.05) is 6.07 Å². The van der Waals surface area contributed by atoms with E-state index >= 15 is 0 Å². The van der Waals surface area contributed by atoms with Gasteiger partial charge in [0.1, 0.15) is 11.4 Å². The standard InChI is InChI=1S/C17H22N2O4/c1-3-22-15(20)13-7-9-17(10-8-13)11-19(16(21)23-17)14-6-4-5-12(2)18-14/h4-6,13H,3,7-11H2,1-2H3/t13-,17-. The summed E-state index contributed by atoms with van der Waals surface area (Å²) >= 11 is 0. The van der Waals surface area contributed by atoms with Crippen LogP contribution in [0.25, 0.3) is 0 Å². The van der Waals surface area contributed by atoms with Gasteiger partial charge in [-0.2, -0.15) is 0 Å². The monoisotopic (exact) mass is 318 g/mol. The number of aryl methyl sites for hydroxylation is 1. The molecule has 1 saturated heterocycles.